The van der Waals surface area contributed by atoms with Crippen LogP contribution in [0.1, 0.15) is 23.7 Å². The molecule has 0 aliphatic carbocycles. The molecule has 0 aliphatic rings. The summed E-state index contributed by atoms with van der Waals surface area (Å²) in [4.78, 5) is 12.5. The van der Waals surface area contributed by atoms with E-state index in [2.05, 4.69) is 42.0 Å². The van der Waals surface area contributed by atoms with Gasteiger partial charge >= 0.3 is 35.5 Å². The van der Waals surface area contributed by atoms with E-state index >= 15 is 0 Å². The first-order valence-electron chi connectivity index (χ1n) is 9.75. The summed E-state index contributed by atoms with van der Waals surface area (Å²) < 4.78 is 13.5. The summed E-state index contributed by atoms with van der Waals surface area (Å²) in [5, 5.41) is 11.4. The zero-order chi connectivity index (χ0) is 20.8. The van der Waals surface area contributed by atoms with Gasteiger partial charge in [0.05, 0.1) is 17.1 Å². The number of rotatable bonds is 10. The zero-order valence-electron chi connectivity index (χ0n) is 17.1. The topological polar surface area (TPSA) is 60.7 Å². The molecule has 1 N–H and O–H groups in total. The fraction of sp³-hybridized carbons (Fsp3) is 0.348. The Balaban J connectivity index is 0.00000320. The van der Waals surface area contributed by atoms with Crippen LogP contribution >= 0.6 is 11.3 Å². The van der Waals surface area contributed by atoms with Gasteiger partial charge in [0.25, 0.3) is 0 Å². The van der Waals surface area contributed by atoms with Gasteiger partial charge in [-0.05, 0) is 67.6 Å². The Hall–Kier alpha value is -1.57. The maximum atomic E-state index is 11.2. The summed E-state index contributed by atoms with van der Waals surface area (Å²) in [6.45, 7) is 7.71. The van der Waals surface area contributed by atoms with Crippen molar-refractivity contribution in [1.82, 2.24) is 4.57 Å². The fourth-order valence-electron chi connectivity index (χ4n) is 3.26. The summed E-state index contributed by atoms with van der Waals surface area (Å²) in [6.07, 6.45) is -0.474. The molecule has 5 nitrogen and oxygen atoms in total. The molecular weight excluding hydrogens is 409 g/mol. The van der Waals surface area contributed by atoms with Crippen molar-refractivity contribution in [2.24, 2.45) is 0 Å². The number of aryl methyl sites for hydroxylation is 2. The van der Waals surface area contributed by atoms with Gasteiger partial charge in [-0.15, -0.1) is 11.3 Å². The third-order valence-corrected chi connectivity index (χ3v) is 5.82. The van der Waals surface area contributed by atoms with Crippen molar-refractivity contribution in [3.05, 3.63) is 64.7 Å². The Morgan fingerprint density at radius 1 is 1.17 bits per heavy atom. The number of carboxylic acids is 1. The first kappa shape index (κ1) is 24.7. The predicted molar refractivity (Wildman–Crippen MR) is 123 cm³/mol. The quantitative estimate of drug-likeness (QED) is 0.481. The maximum absolute atomic E-state index is 11.2. The van der Waals surface area contributed by atoms with Crippen LogP contribution < -0.4 is 4.74 Å². The van der Waals surface area contributed by atoms with Crippen LogP contribution in [0.15, 0.2) is 47.8 Å². The van der Waals surface area contributed by atoms with Crippen LogP contribution in [0.25, 0.3) is 10.6 Å². The Bertz CT molecular complexity index is 949. The van der Waals surface area contributed by atoms with Crippen molar-refractivity contribution >= 4 is 46.9 Å². The molecule has 0 radical (unpaired) electrons. The van der Waals surface area contributed by atoms with Gasteiger partial charge in [-0.25, -0.2) is 4.79 Å². The summed E-state index contributed by atoms with van der Waals surface area (Å²) in [6, 6.07) is 14.1. The van der Waals surface area contributed by atoms with Gasteiger partial charge in [-0.1, -0.05) is 12.1 Å². The fourth-order valence-corrected chi connectivity index (χ4v) is 4.19. The van der Waals surface area contributed by atoms with E-state index in [4.69, 9.17) is 9.47 Å². The van der Waals surface area contributed by atoms with E-state index in [1.165, 1.54) is 21.8 Å². The molecule has 0 saturated carbocycles. The number of thiophene rings is 1. The van der Waals surface area contributed by atoms with E-state index in [0.717, 1.165) is 17.9 Å². The number of hydrogen-bond acceptors (Lipinski definition) is 4. The average molecular weight is 438 g/mol. The molecule has 1 atom stereocenters. The number of benzene rings is 1. The normalized spacial score (nSPS) is 11.7. The van der Waals surface area contributed by atoms with Crippen molar-refractivity contribution in [1.29, 1.82) is 0 Å². The molecule has 30 heavy (non-hydrogen) atoms. The molecule has 2 aromatic heterocycles. The second-order valence-electron chi connectivity index (χ2n) is 6.98. The number of carboxylic acid groups (broad SMARTS) is 1. The Kier molecular flexibility index (Phi) is 9.65. The average Bonchev–Trinajstić information content (AvgIpc) is 3.28. The van der Waals surface area contributed by atoms with E-state index in [9.17, 15) is 9.90 Å². The van der Waals surface area contributed by atoms with E-state index < -0.39 is 12.1 Å². The summed E-state index contributed by atoms with van der Waals surface area (Å²) in [7, 11) is 0. The molecule has 3 rings (SSSR count). The number of carbonyl (C=O) groups is 1. The Morgan fingerprint density at radius 3 is 2.50 bits per heavy atom. The minimum atomic E-state index is -0.939. The summed E-state index contributed by atoms with van der Waals surface area (Å²) in [5.41, 5.74) is 4.62. The van der Waals surface area contributed by atoms with Crippen LogP contribution in [0.5, 0.6) is 5.75 Å². The molecule has 0 fully saturated rings. The van der Waals surface area contributed by atoms with Crippen molar-refractivity contribution in [2.75, 3.05) is 13.2 Å². The van der Waals surface area contributed by atoms with Gasteiger partial charge in [0.2, 0.25) is 0 Å². The number of nitrogens with zero attached hydrogens (tertiary/aromatic N) is 1. The Morgan fingerprint density at radius 2 is 1.90 bits per heavy atom. The molecule has 0 amide bonds. The van der Waals surface area contributed by atoms with Gasteiger partial charge in [0, 0.05) is 18.7 Å². The van der Waals surface area contributed by atoms with Crippen molar-refractivity contribution in [2.45, 2.75) is 39.8 Å². The predicted octanol–water partition coefficient (Wildman–Crippen LogP) is 4.30. The van der Waals surface area contributed by atoms with Crippen LogP contribution in [-0.4, -0.2) is 64.5 Å². The molecule has 3 aromatic rings. The van der Waals surface area contributed by atoms with E-state index in [0.29, 0.717) is 19.6 Å². The van der Waals surface area contributed by atoms with Crippen molar-refractivity contribution in [3.63, 3.8) is 0 Å². The SMILES string of the molecule is CCOC(Cc1ccc(OCCn2c(C)ccc2-c2cc(C)cs2)cc1)C(=O)O.[NaH]. The number of ether oxygens (including phenoxy) is 2. The number of aliphatic carboxylic acids is 1. The van der Waals surface area contributed by atoms with E-state index in [-0.39, 0.29) is 29.6 Å². The molecule has 0 bridgehead atoms. The van der Waals surface area contributed by atoms with Gasteiger partial charge in [0.15, 0.2) is 6.10 Å². The number of aromatic nitrogens is 1. The molecule has 7 heteroatoms. The second kappa shape index (κ2) is 11.7. The van der Waals surface area contributed by atoms with Crippen LogP contribution in [0, 0.1) is 13.8 Å². The van der Waals surface area contributed by atoms with Crippen LogP contribution in [-0.2, 0) is 22.5 Å². The van der Waals surface area contributed by atoms with E-state index in [1.807, 2.05) is 24.3 Å². The molecule has 2 heterocycles. The minimum absolute atomic E-state index is 0. The summed E-state index contributed by atoms with van der Waals surface area (Å²) >= 11 is 1.76. The van der Waals surface area contributed by atoms with Crippen molar-refractivity contribution < 1.29 is 19.4 Å². The van der Waals surface area contributed by atoms with Crippen LogP contribution in [0.2, 0.25) is 0 Å². The third kappa shape index (κ3) is 6.46. The first-order chi connectivity index (χ1) is 14.0. The van der Waals surface area contributed by atoms with Gasteiger partial charge < -0.3 is 19.1 Å². The van der Waals surface area contributed by atoms with Crippen LogP contribution in [0.4, 0.5) is 0 Å². The molecule has 0 spiro atoms. The zero-order valence-corrected chi connectivity index (χ0v) is 17.9. The van der Waals surface area contributed by atoms with E-state index in [1.54, 1.807) is 18.3 Å². The van der Waals surface area contributed by atoms with Gasteiger partial charge in [-0.2, -0.15) is 0 Å². The monoisotopic (exact) mass is 437 g/mol. The van der Waals surface area contributed by atoms with Gasteiger partial charge in [-0.3, -0.25) is 0 Å². The third-order valence-electron chi connectivity index (χ3n) is 4.75. The molecular formula is C23H28NNaO4S. The number of hydrogen-bond donors (Lipinski definition) is 1. The van der Waals surface area contributed by atoms with Crippen LogP contribution in [0.3, 0.4) is 0 Å². The van der Waals surface area contributed by atoms with Gasteiger partial charge in [0.1, 0.15) is 12.4 Å². The van der Waals surface area contributed by atoms with Crippen molar-refractivity contribution in [3.8, 4) is 16.3 Å². The molecule has 1 aromatic carbocycles. The molecule has 0 saturated heterocycles. The molecule has 1 unspecified atom stereocenters. The second-order valence-corrected chi connectivity index (χ2v) is 7.89. The first-order valence-corrected chi connectivity index (χ1v) is 10.6. The molecule has 0 aliphatic heterocycles. The summed E-state index contributed by atoms with van der Waals surface area (Å²) in [5.74, 6) is -0.165. The Labute approximate surface area is 203 Å². The standard InChI is InChI=1S/C23H27NO4S.Na.H/c1-4-27-21(23(25)26)14-18-6-8-19(9-7-18)28-12-11-24-17(3)5-10-20(24)22-13-16(2)15-29-22;;/h5-10,13,15,21H,4,11-12,14H2,1-3H3,(H,25,26);;. The molecule has 156 valence electrons.